The van der Waals surface area contributed by atoms with Crippen molar-refractivity contribution in [2.24, 2.45) is 16.8 Å². The standard InChI is InChI=1S/C12H21F3N4O2/c13-12(14,15)10(11(16)17-20)8-18-2-1-9(7-18)19-3-5-21-6-4-19/h9-10,20H,1-8H2,(H2,16,17). The maximum atomic E-state index is 12.9. The monoisotopic (exact) mass is 310 g/mol. The molecule has 2 rings (SSSR count). The van der Waals surface area contributed by atoms with Gasteiger partial charge in [0.1, 0.15) is 5.92 Å². The van der Waals surface area contributed by atoms with Gasteiger partial charge in [0, 0.05) is 32.2 Å². The zero-order valence-electron chi connectivity index (χ0n) is 11.7. The van der Waals surface area contributed by atoms with Crippen LogP contribution in [0.4, 0.5) is 13.2 Å². The van der Waals surface area contributed by atoms with Crippen LogP contribution >= 0.6 is 0 Å². The van der Waals surface area contributed by atoms with Crippen molar-refractivity contribution in [2.75, 3.05) is 45.9 Å². The Kier molecular flexibility index (Phi) is 5.28. The number of rotatable bonds is 4. The molecule has 0 aliphatic carbocycles. The Bertz CT molecular complexity index is 372. The molecule has 0 aromatic carbocycles. The number of oxime groups is 1. The van der Waals surface area contributed by atoms with E-state index < -0.39 is 17.9 Å². The van der Waals surface area contributed by atoms with Gasteiger partial charge in [0.05, 0.1) is 13.2 Å². The second-order valence-corrected chi connectivity index (χ2v) is 5.47. The summed E-state index contributed by atoms with van der Waals surface area (Å²) in [5, 5.41) is 11.0. The summed E-state index contributed by atoms with van der Waals surface area (Å²) in [7, 11) is 0. The molecule has 2 aliphatic rings. The van der Waals surface area contributed by atoms with Gasteiger partial charge in [0.15, 0.2) is 5.84 Å². The number of likely N-dealkylation sites (tertiary alicyclic amines) is 1. The number of amidine groups is 1. The van der Waals surface area contributed by atoms with Crippen molar-refractivity contribution in [3.8, 4) is 0 Å². The number of nitrogens with zero attached hydrogens (tertiary/aromatic N) is 3. The summed E-state index contributed by atoms with van der Waals surface area (Å²) in [6.45, 7) is 3.89. The van der Waals surface area contributed by atoms with Crippen molar-refractivity contribution >= 4 is 5.84 Å². The summed E-state index contributed by atoms with van der Waals surface area (Å²) >= 11 is 0. The van der Waals surface area contributed by atoms with Crippen molar-refractivity contribution in [1.29, 1.82) is 0 Å². The van der Waals surface area contributed by atoms with Crippen LogP contribution in [0.5, 0.6) is 0 Å². The molecular formula is C12H21F3N4O2. The Morgan fingerprint density at radius 2 is 2.00 bits per heavy atom. The minimum atomic E-state index is -4.51. The Morgan fingerprint density at radius 1 is 1.33 bits per heavy atom. The fourth-order valence-electron chi connectivity index (χ4n) is 2.91. The first-order chi connectivity index (χ1) is 9.91. The lowest BCUT2D eigenvalue weighted by Gasteiger charge is -2.32. The molecule has 0 bridgehead atoms. The van der Waals surface area contributed by atoms with Crippen molar-refractivity contribution in [3.05, 3.63) is 0 Å². The highest BCUT2D eigenvalue weighted by atomic mass is 19.4. The number of alkyl halides is 3. The van der Waals surface area contributed by atoms with E-state index >= 15 is 0 Å². The highest BCUT2D eigenvalue weighted by molar-refractivity contribution is 5.83. The van der Waals surface area contributed by atoms with Gasteiger partial charge in [0.2, 0.25) is 0 Å². The predicted octanol–water partition coefficient (Wildman–Crippen LogP) is 0.318. The van der Waals surface area contributed by atoms with E-state index in [0.29, 0.717) is 26.3 Å². The molecule has 0 saturated carbocycles. The summed E-state index contributed by atoms with van der Waals surface area (Å²) < 4.78 is 44.1. The zero-order chi connectivity index (χ0) is 15.5. The fourth-order valence-corrected chi connectivity index (χ4v) is 2.91. The molecule has 3 N–H and O–H groups in total. The Labute approximate surface area is 121 Å². The smallest absolute Gasteiger partial charge is 0.400 e. The van der Waals surface area contributed by atoms with Crippen LogP contribution in [0.15, 0.2) is 5.16 Å². The third kappa shape index (κ3) is 4.21. The van der Waals surface area contributed by atoms with Crippen molar-refractivity contribution in [3.63, 3.8) is 0 Å². The molecule has 0 aromatic rings. The van der Waals surface area contributed by atoms with Gasteiger partial charge in [-0.05, 0) is 13.0 Å². The van der Waals surface area contributed by atoms with Gasteiger partial charge in [-0.2, -0.15) is 13.2 Å². The van der Waals surface area contributed by atoms with Gasteiger partial charge in [-0.15, -0.1) is 0 Å². The molecule has 2 unspecified atom stereocenters. The fraction of sp³-hybridized carbons (Fsp3) is 0.917. The predicted molar refractivity (Wildman–Crippen MR) is 70.2 cm³/mol. The van der Waals surface area contributed by atoms with Gasteiger partial charge in [0.25, 0.3) is 0 Å². The molecule has 0 amide bonds. The highest BCUT2D eigenvalue weighted by Crippen LogP contribution is 2.29. The summed E-state index contributed by atoms with van der Waals surface area (Å²) in [5.41, 5.74) is 5.19. The van der Waals surface area contributed by atoms with Crippen LogP contribution < -0.4 is 5.73 Å². The van der Waals surface area contributed by atoms with E-state index in [1.807, 2.05) is 0 Å². The van der Waals surface area contributed by atoms with Crippen LogP contribution in [0.3, 0.4) is 0 Å². The lowest BCUT2D eigenvalue weighted by molar-refractivity contribution is -0.159. The van der Waals surface area contributed by atoms with Crippen molar-refractivity contribution in [1.82, 2.24) is 9.80 Å². The molecule has 2 aliphatic heterocycles. The van der Waals surface area contributed by atoms with Crippen LogP contribution in [-0.4, -0.2) is 79.0 Å². The number of hydrogen-bond donors (Lipinski definition) is 2. The van der Waals surface area contributed by atoms with E-state index in [1.54, 1.807) is 4.90 Å². The Hall–Kier alpha value is -1.06. The third-order valence-corrected chi connectivity index (χ3v) is 4.12. The normalized spacial score (nSPS) is 28.0. The second-order valence-electron chi connectivity index (χ2n) is 5.47. The van der Waals surface area contributed by atoms with Crippen LogP contribution in [0.1, 0.15) is 6.42 Å². The Morgan fingerprint density at radius 3 is 2.57 bits per heavy atom. The average molecular weight is 310 g/mol. The largest absolute Gasteiger partial charge is 0.409 e. The number of ether oxygens (including phenoxy) is 1. The zero-order valence-corrected chi connectivity index (χ0v) is 11.7. The van der Waals surface area contributed by atoms with Gasteiger partial charge in [-0.1, -0.05) is 5.16 Å². The topological polar surface area (TPSA) is 74.3 Å². The molecule has 2 saturated heterocycles. The van der Waals surface area contributed by atoms with E-state index in [-0.39, 0.29) is 12.6 Å². The van der Waals surface area contributed by atoms with E-state index in [0.717, 1.165) is 19.5 Å². The molecule has 122 valence electrons. The van der Waals surface area contributed by atoms with Gasteiger partial charge in [-0.25, -0.2) is 0 Å². The van der Waals surface area contributed by atoms with Gasteiger partial charge in [-0.3, -0.25) is 4.90 Å². The minimum Gasteiger partial charge on any atom is -0.409 e. The molecule has 0 radical (unpaired) electrons. The van der Waals surface area contributed by atoms with Crippen LogP contribution in [0.2, 0.25) is 0 Å². The SMILES string of the molecule is NC(=NO)C(CN1CCC(N2CCOCC2)C1)C(F)(F)F. The summed E-state index contributed by atoms with van der Waals surface area (Å²) in [5.74, 6) is -2.71. The quantitative estimate of drug-likeness (QED) is 0.338. The third-order valence-electron chi connectivity index (χ3n) is 4.12. The average Bonchev–Trinajstić information content (AvgIpc) is 2.92. The lowest BCUT2D eigenvalue weighted by atomic mass is 10.1. The molecular weight excluding hydrogens is 289 g/mol. The minimum absolute atomic E-state index is 0.259. The van der Waals surface area contributed by atoms with E-state index in [1.165, 1.54) is 0 Å². The number of hydrogen-bond acceptors (Lipinski definition) is 5. The van der Waals surface area contributed by atoms with Crippen LogP contribution in [-0.2, 0) is 4.74 Å². The van der Waals surface area contributed by atoms with Crippen LogP contribution in [0.25, 0.3) is 0 Å². The molecule has 2 heterocycles. The van der Waals surface area contributed by atoms with Gasteiger partial charge >= 0.3 is 6.18 Å². The summed E-state index contributed by atoms with van der Waals surface area (Å²) in [6.07, 6.45) is -3.67. The lowest BCUT2D eigenvalue weighted by Crippen LogP contribution is -2.47. The second kappa shape index (κ2) is 6.80. The van der Waals surface area contributed by atoms with Crippen LogP contribution in [0, 0.1) is 5.92 Å². The molecule has 0 spiro atoms. The van der Waals surface area contributed by atoms with Crippen molar-refractivity contribution in [2.45, 2.75) is 18.6 Å². The number of halogens is 3. The Balaban J connectivity index is 1.91. The first kappa shape index (κ1) is 16.3. The molecule has 6 nitrogen and oxygen atoms in total. The summed E-state index contributed by atoms with van der Waals surface area (Å²) in [6, 6.07) is 0.259. The van der Waals surface area contributed by atoms with Gasteiger partial charge < -0.3 is 20.6 Å². The molecule has 0 aromatic heterocycles. The van der Waals surface area contributed by atoms with E-state index in [2.05, 4.69) is 10.1 Å². The highest BCUT2D eigenvalue weighted by Gasteiger charge is 2.44. The number of morpholine rings is 1. The van der Waals surface area contributed by atoms with E-state index in [4.69, 9.17) is 15.7 Å². The molecule has 21 heavy (non-hydrogen) atoms. The maximum Gasteiger partial charge on any atom is 0.400 e. The maximum absolute atomic E-state index is 12.9. The molecule has 9 heteroatoms. The van der Waals surface area contributed by atoms with Crippen molar-refractivity contribution < 1.29 is 23.1 Å². The summed E-state index contributed by atoms with van der Waals surface area (Å²) in [4.78, 5) is 3.99. The first-order valence-corrected chi connectivity index (χ1v) is 7.00. The van der Waals surface area contributed by atoms with E-state index in [9.17, 15) is 13.2 Å². The number of nitrogens with two attached hydrogens (primary N) is 1. The first-order valence-electron chi connectivity index (χ1n) is 7.00. The molecule has 2 atom stereocenters. The molecule has 2 fully saturated rings.